The van der Waals surface area contributed by atoms with Crippen LogP contribution in [0.4, 0.5) is 5.69 Å². The fraction of sp³-hybridized carbons (Fsp3) is 0.538. The van der Waals surface area contributed by atoms with Crippen LogP contribution in [0.15, 0.2) is 18.2 Å². The number of nitro groups is 1. The predicted octanol–water partition coefficient (Wildman–Crippen LogP) is 1.80. The first kappa shape index (κ1) is 13.3. The zero-order valence-corrected chi connectivity index (χ0v) is 11.4. The van der Waals surface area contributed by atoms with Crippen molar-refractivity contribution in [1.29, 1.82) is 0 Å². The first-order chi connectivity index (χ1) is 9.52. The summed E-state index contributed by atoms with van der Waals surface area (Å²) in [5.41, 5.74) is -0.297. The van der Waals surface area contributed by atoms with Gasteiger partial charge in [0.15, 0.2) is 11.9 Å². The quantitative estimate of drug-likeness (QED) is 0.362. The van der Waals surface area contributed by atoms with Gasteiger partial charge in [-0.3, -0.25) is 10.1 Å². The highest BCUT2D eigenvalue weighted by Crippen LogP contribution is 2.57. The highest BCUT2D eigenvalue weighted by molar-refractivity contribution is 5.56. The fourth-order valence-electron chi connectivity index (χ4n) is 2.83. The lowest BCUT2D eigenvalue weighted by molar-refractivity contribution is -0.386. The van der Waals surface area contributed by atoms with Gasteiger partial charge in [-0.25, -0.2) is 0 Å². The predicted molar refractivity (Wildman–Crippen MR) is 67.5 cm³/mol. The number of epoxide rings is 1. The molecule has 3 rings (SSSR count). The first-order valence-electron chi connectivity index (χ1n) is 6.20. The topological polar surface area (TPSA) is 83.4 Å². The van der Waals surface area contributed by atoms with Crippen molar-refractivity contribution in [3.63, 3.8) is 0 Å². The minimum absolute atomic E-state index is 0.0753. The third-order valence-electron chi connectivity index (χ3n) is 3.80. The van der Waals surface area contributed by atoms with Crippen molar-refractivity contribution in [1.82, 2.24) is 0 Å². The minimum atomic E-state index is -0.923. The monoisotopic (exact) mass is 281 g/mol. The molecule has 3 atom stereocenters. The van der Waals surface area contributed by atoms with Gasteiger partial charge < -0.3 is 18.9 Å². The summed E-state index contributed by atoms with van der Waals surface area (Å²) in [5.74, 6) is 0.234. The Hall–Kier alpha value is -1.70. The average molecular weight is 281 g/mol. The SMILES string of the molecule is COC(OC)[C@]1(C)Oc2c(cccc2[N+](=O)[O-])[C@@H]2O[C@@H]21. The fourth-order valence-corrected chi connectivity index (χ4v) is 2.83. The van der Waals surface area contributed by atoms with Crippen molar-refractivity contribution >= 4 is 5.69 Å². The molecule has 0 N–H and O–H groups in total. The molecule has 1 fully saturated rings. The molecule has 0 amide bonds. The van der Waals surface area contributed by atoms with Gasteiger partial charge in [-0.2, -0.15) is 0 Å². The van der Waals surface area contributed by atoms with E-state index in [1.807, 2.05) is 0 Å². The Bertz CT molecular complexity index is 558. The Morgan fingerprint density at radius 3 is 2.70 bits per heavy atom. The number of hydrogen-bond donors (Lipinski definition) is 0. The first-order valence-corrected chi connectivity index (χ1v) is 6.20. The molecular formula is C13H15NO6. The summed E-state index contributed by atoms with van der Waals surface area (Å²) in [7, 11) is 2.99. The molecule has 0 unspecified atom stereocenters. The van der Waals surface area contributed by atoms with E-state index in [-0.39, 0.29) is 23.6 Å². The number of hydrogen-bond acceptors (Lipinski definition) is 6. The molecule has 0 bridgehead atoms. The lowest BCUT2D eigenvalue weighted by Gasteiger charge is -2.37. The van der Waals surface area contributed by atoms with Crippen LogP contribution in [-0.2, 0) is 14.2 Å². The minimum Gasteiger partial charge on any atom is -0.472 e. The molecule has 0 saturated carbocycles. The molecular weight excluding hydrogens is 266 g/mol. The Morgan fingerprint density at radius 1 is 1.40 bits per heavy atom. The third-order valence-corrected chi connectivity index (χ3v) is 3.80. The summed E-state index contributed by atoms with van der Waals surface area (Å²) in [5, 5.41) is 11.1. The normalized spacial score (nSPS) is 30.4. The number of rotatable bonds is 4. The van der Waals surface area contributed by atoms with Gasteiger partial charge in [-0.1, -0.05) is 12.1 Å². The van der Waals surface area contributed by atoms with E-state index >= 15 is 0 Å². The lowest BCUT2D eigenvalue weighted by atomic mass is 9.91. The molecule has 0 aromatic heterocycles. The molecule has 2 aliphatic heterocycles. The van der Waals surface area contributed by atoms with Crippen molar-refractivity contribution in [2.75, 3.05) is 14.2 Å². The zero-order valence-electron chi connectivity index (χ0n) is 11.4. The van der Waals surface area contributed by atoms with Crippen molar-refractivity contribution < 1.29 is 23.9 Å². The van der Waals surface area contributed by atoms with Crippen LogP contribution in [0.25, 0.3) is 0 Å². The van der Waals surface area contributed by atoms with Crippen molar-refractivity contribution in [2.45, 2.75) is 31.0 Å². The molecule has 7 nitrogen and oxygen atoms in total. The Morgan fingerprint density at radius 2 is 2.10 bits per heavy atom. The van der Waals surface area contributed by atoms with E-state index < -0.39 is 16.8 Å². The van der Waals surface area contributed by atoms with Gasteiger partial charge in [0.2, 0.25) is 5.75 Å². The third kappa shape index (κ3) is 1.71. The van der Waals surface area contributed by atoms with Crippen LogP contribution in [0.1, 0.15) is 18.6 Å². The van der Waals surface area contributed by atoms with Gasteiger partial charge in [0.05, 0.1) is 4.92 Å². The van der Waals surface area contributed by atoms with Crippen LogP contribution in [-0.4, -0.2) is 37.1 Å². The molecule has 7 heteroatoms. The maximum absolute atomic E-state index is 11.1. The molecule has 1 saturated heterocycles. The Kier molecular flexibility index (Phi) is 2.93. The molecule has 1 aromatic carbocycles. The number of ether oxygens (including phenoxy) is 4. The summed E-state index contributed by atoms with van der Waals surface area (Å²) in [6, 6.07) is 4.82. The van der Waals surface area contributed by atoms with Crippen LogP contribution in [0.5, 0.6) is 5.75 Å². The molecule has 2 heterocycles. The standard InChI is InChI=1S/C13H15NO6/c1-13(12(17-2)18-3)11-10(19-11)7-5-4-6-8(14(15)16)9(7)20-13/h4-6,10-12H,1-3H3/t10-,11-,13+/m0/s1. The summed E-state index contributed by atoms with van der Waals surface area (Å²) < 4.78 is 22.0. The summed E-state index contributed by atoms with van der Waals surface area (Å²) >= 11 is 0. The molecule has 0 aliphatic carbocycles. The van der Waals surface area contributed by atoms with Crippen LogP contribution < -0.4 is 4.74 Å². The van der Waals surface area contributed by atoms with E-state index in [9.17, 15) is 10.1 Å². The van der Waals surface area contributed by atoms with Gasteiger partial charge in [-0.05, 0) is 6.92 Å². The van der Waals surface area contributed by atoms with Gasteiger partial charge >= 0.3 is 5.69 Å². The smallest absolute Gasteiger partial charge is 0.311 e. The van der Waals surface area contributed by atoms with E-state index in [0.717, 1.165) is 0 Å². The lowest BCUT2D eigenvalue weighted by Crippen LogP contribution is -2.53. The molecule has 1 aromatic rings. The Balaban J connectivity index is 2.06. The molecule has 108 valence electrons. The van der Waals surface area contributed by atoms with E-state index in [0.29, 0.717) is 5.56 Å². The van der Waals surface area contributed by atoms with Gasteiger partial charge in [0.1, 0.15) is 12.2 Å². The van der Waals surface area contributed by atoms with Gasteiger partial charge in [0.25, 0.3) is 0 Å². The maximum Gasteiger partial charge on any atom is 0.311 e. The largest absolute Gasteiger partial charge is 0.472 e. The van der Waals surface area contributed by atoms with Crippen LogP contribution >= 0.6 is 0 Å². The van der Waals surface area contributed by atoms with Crippen LogP contribution in [0.2, 0.25) is 0 Å². The summed E-state index contributed by atoms with van der Waals surface area (Å²) in [4.78, 5) is 10.7. The van der Waals surface area contributed by atoms with Crippen LogP contribution in [0, 0.1) is 10.1 Å². The van der Waals surface area contributed by atoms with Crippen molar-refractivity contribution in [3.05, 3.63) is 33.9 Å². The van der Waals surface area contributed by atoms with Gasteiger partial charge in [0, 0.05) is 25.8 Å². The Labute approximate surface area is 115 Å². The number of para-hydroxylation sites is 1. The van der Waals surface area contributed by atoms with E-state index in [1.54, 1.807) is 19.1 Å². The summed E-state index contributed by atoms with van der Waals surface area (Å²) in [6.07, 6.45) is -1.12. The number of fused-ring (bicyclic) bond motifs is 3. The second-order valence-corrected chi connectivity index (χ2v) is 5.02. The number of nitro benzene ring substituents is 1. The average Bonchev–Trinajstić information content (AvgIpc) is 3.20. The second-order valence-electron chi connectivity index (χ2n) is 5.02. The van der Waals surface area contributed by atoms with Gasteiger partial charge in [-0.15, -0.1) is 0 Å². The zero-order chi connectivity index (χ0) is 14.5. The van der Waals surface area contributed by atoms with E-state index in [1.165, 1.54) is 20.3 Å². The molecule has 2 aliphatic rings. The van der Waals surface area contributed by atoms with Crippen molar-refractivity contribution in [2.24, 2.45) is 0 Å². The summed E-state index contributed by atoms with van der Waals surface area (Å²) in [6.45, 7) is 1.77. The highest BCUT2D eigenvalue weighted by atomic mass is 16.7. The number of nitrogens with zero attached hydrogens (tertiary/aromatic N) is 1. The number of methoxy groups -OCH3 is 2. The van der Waals surface area contributed by atoms with Crippen LogP contribution in [0.3, 0.4) is 0 Å². The number of benzene rings is 1. The molecule has 0 spiro atoms. The highest BCUT2D eigenvalue weighted by Gasteiger charge is 2.64. The van der Waals surface area contributed by atoms with E-state index in [4.69, 9.17) is 18.9 Å². The van der Waals surface area contributed by atoms with E-state index in [2.05, 4.69) is 0 Å². The maximum atomic E-state index is 11.1. The molecule has 20 heavy (non-hydrogen) atoms. The molecule has 0 radical (unpaired) electrons. The second kappa shape index (κ2) is 4.41. The van der Waals surface area contributed by atoms with Crippen molar-refractivity contribution in [3.8, 4) is 5.75 Å².